The lowest BCUT2D eigenvalue weighted by molar-refractivity contribution is -0.111. The zero-order valence-electron chi connectivity index (χ0n) is 30.7. The molecule has 0 radical (unpaired) electrons. The second-order valence-electron chi connectivity index (χ2n) is 14.8. The van der Waals surface area contributed by atoms with Crippen molar-refractivity contribution in [1.82, 2.24) is 9.13 Å². The summed E-state index contributed by atoms with van der Waals surface area (Å²) in [5.41, 5.74) is 9.27. The third-order valence-electron chi connectivity index (χ3n) is 11.5. The number of hydrogen-bond acceptors (Lipinski definition) is 1. The number of carbonyl (C=O) groups is 1. The fourth-order valence-electron chi connectivity index (χ4n) is 8.45. The number of ketones is 1. The van der Waals surface area contributed by atoms with Gasteiger partial charge in [-0.25, -0.2) is 0 Å². The van der Waals surface area contributed by atoms with Crippen molar-refractivity contribution < 1.29 is 4.79 Å². The van der Waals surface area contributed by atoms with Crippen LogP contribution >= 0.6 is 0 Å². The predicted octanol–water partition coefficient (Wildman–Crippen LogP) is 13.2. The number of benzene rings is 4. The highest BCUT2D eigenvalue weighted by Gasteiger charge is 2.24. The quantitative estimate of drug-likeness (QED) is 0.107. The van der Waals surface area contributed by atoms with Crippen LogP contribution in [0.25, 0.3) is 55.8 Å². The van der Waals surface area contributed by atoms with Gasteiger partial charge >= 0.3 is 0 Å². The van der Waals surface area contributed by atoms with Crippen molar-refractivity contribution in [2.75, 3.05) is 0 Å². The zero-order valence-corrected chi connectivity index (χ0v) is 30.7. The molecule has 4 aromatic carbocycles. The number of aromatic nitrogens is 2. The molecule has 0 saturated heterocycles. The molecule has 1 fully saturated rings. The monoisotopic (exact) mass is 662 g/mol. The molecular weight excluding hydrogens is 609 g/mol. The Morgan fingerprint density at radius 3 is 1.40 bits per heavy atom. The normalized spacial score (nSPS) is 16.6. The molecule has 1 aliphatic rings. The average molecular weight is 663 g/mol. The lowest BCUT2D eigenvalue weighted by Gasteiger charge is -2.17. The van der Waals surface area contributed by atoms with E-state index in [1.54, 1.807) is 0 Å². The number of nitrogens with zero attached hydrogens (tertiary/aromatic N) is 2. The predicted molar refractivity (Wildman–Crippen MR) is 216 cm³/mol. The Kier molecular flexibility index (Phi) is 10.4. The van der Waals surface area contributed by atoms with Crippen molar-refractivity contribution in [1.29, 1.82) is 0 Å². The fourth-order valence-corrected chi connectivity index (χ4v) is 8.45. The molecule has 258 valence electrons. The molecule has 0 bridgehead atoms. The van der Waals surface area contributed by atoms with Crippen molar-refractivity contribution in [3.63, 3.8) is 0 Å². The highest BCUT2D eigenvalue weighted by Crippen LogP contribution is 2.36. The van der Waals surface area contributed by atoms with Crippen LogP contribution in [0.15, 0.2) is 96.1 Å². The number of hydrogen-bond donors (Lipinski definition) is 0. The van der Waals surface area contributed by atoms with Crippen LogP contribution in [0.5, 0.6) is 0 Å². The Hall–Kier alpha value is -4.37. The van der Waals surface area contributed by atoms with Crippen LogP contribution in [0.4, 0.5) is 0 Å². The molecule has 3 nitrogen and oxygen atoms in total. The molecule has 2 heterocycles. The van der Waals surface area contributed by atoms with Gasteiger partial charge in [-0.05, 0) is 97.2 Å². The lowest BCUT2D eigenvalue weighted by atomic mass is 9.99. The first-order chi connectivity index (χ1) is 24.5. The molecule has 0 spiro atoms. The summed E-state index contributed by atoms with van der Waals surface area (Å²) in [6.45, 7) is 11.3. The Morgan fingerprint density at radius 1 is 0.560 bits per heavy atom. The van der Waals surface area contributed by atoms with Crippen molar-refractivity contribution >= 4 is 61.5 Å². The van der Waals surface area contributed by atoms with Crippen molar-refractivity contribution in [3.05, 3.63) is 107 Å². The summed E-state index contributed by atoms with van der Waals surface area (Å²) in [6.07, 6.45) is 15.9. The van der Waals surface area contributed by atoms with Crippen molar-refractivity contribution in [2.45, 2.75) is 105 Å². The third-order valence-corrected chi connectivity index (χ3v) is 11.5. The molecule has 1 saturated carbocycles. The Bertz CT molecular complexity index is 2050. The topological polar surface area (TPSA) is 26.9 Å². The summed E-state index contributed by atoms with van der Waals surface area (Å²) in [5.74, 6) is 1.55. The third kappa shape index (κ3) is 6.72. The minimum absolute atomic E-state index is 0.193. The highest BCUT2D eigenvalue weighted by atomic mass is 16.1. The smallest absolute Gasteiger partial charge is 0.185 e. The van der Waals surface area contributed by atoms with Crippen LogP contribution in [0, 0.1) is 11.8 Å². The zero-order chi connectivity index (χ0) is 34.6. The van der Waals surface area contributed by atoms with E-state index in [9.17, 15) is 4.79 Å². The second-order valence-corrected chi connectivity index (χ2v) is 14.8. The first kappa shape index (κ1) is 34.1. The van der Waals surface area contributed by atoms with E-state index in [4.69, 9.17) is 0 Å². The molecule has 1 aliphatic carbocycles. The molecule has 2 unspecified atom stereocenters. The van der Waals surface area contributed by atoms with E-state index in [0.717, 1.165) is 48.2 Å². The van der Waals surface area contributed by atoms with E-state index < -0.39 is 0 Å². The van der Waals surface area contributed by atoms with Gasteiger partial charge in [0, 0.05) is 67.8 Å². The molecule has 3 heteroatoms. The van der Waals surface area contributed by atoms with Crippen molar-refractivity contribution in [3.8, 4) is 0 Å². The van der Waals surface area contributed by atoms with E-state index in [0.29, 0.717) is 11.8 Å². The van der Waals surface area contributed by atoms with Crippen LogP contribution in [0.3, 0.4) is 0 Å². The van der Waals surface area contributed by atoms with Crippen LogP contribution in [-0.2, 0) is 17.9 Å². The van der Waals surface area contributed by atoms with Crippen LogP contribution in [0.1, 0.15) is 103 Å². The molecule has 6 aromatic rings. The van der Waals surface area contributed by atoms with Gasteiger partial charge < -0.3 is 9.13 Å². The molecule has 7 rings (SSSR count). The van der Waals surface area contributed by atoms with Crippen LogP contribution in [0.2, 0.25) is 0 Å². The van der Waals surface area contributed by atoms with Crippen LogP contribution in [-0.4, -0.2) is 14.9 Å². The maximum absolute atomic E-state index is 13.8. The fraction of sp³-hybridized carbons (Fsp3) is 0.383. The average Bonchev–Trinajstić information content (AvgIpc) is 3.77. The van der Waals surface area contributed by atoms with E-state index in [1.165, 1.54) is 95.0 Å². The summed E-state index contributed by atoms with van der Waals surface area (Å²) in [7, 11) is 0. The highest BCUT2D eigenvalue weighted by molar-refractivity contribution is 6.16. The van der Waals surface area contributed by atoms with Gasteiger partial charge in [-0.3, -0.25) is 4.79 Å². The largest absolute Gasteiger partial charge is 0.340 e. The maximum atomic E-state index is 13.8. The molecule has 0 N–H and O–H groups in total. The van der Waals surface area contributed by atoms with Gasteiger partial charge in [-0.2, -0.15) is 0 Å². The van der Waals surface area contributed by atoms with Crippen LogP contribution < -0.4 is 0 Å². The van der Waals surface area contributed by atoms with Gasteiger partial charge in [0.25, 0.3) is 0 Å². The Morgan fingerprint density at radius 2 is 0.980 bits per heavy atom. The van der Waals surface area contributed by atoms with Gasteiger partial charge in [0.2, 0.25) is 0 Å². The summed E-state index contributed by atoms with van der Waals surface area (Å²) in [6, 6.07) is 31.2. The molecule has 2 atom stereocenters. The standard InChI is InChI=1S/C47H54N2O/c1-5-9-15-33(7-3)31-48-43-19-13-11-17-39(43)41-29-35(21-25-45(41)48)27-37-23-24-38(47(37)50)28-36-22-26-46-42(30-36)40-18-12-14-20-44(40)49(46)32-34(8-4)16-10-6-2/h11-14,17-22,25-30,33-34H,5-10,15-16,23-24,31-32H2,1-4H3/b37-27-,38-28+. The second kappa shape index (κ2) is 15.3. The van der Waals surface area contributed by atoms with Crippen molar-refractivity contribution in [2.24, 2.45) is 11.8 Å². The van der Waals surface area contributed by atoms with Gasteiger partial charge in [0.15, 0.2) is 5.78 Å². The summed E-state index contributed by atoms with van der Waals surface area (Å²) in [5, 5.41) is 5.16. The summed E-state index contributed by atoms with van der Waals surface area (Å²) in [4.78, 5) is 13.8. The molecule has 0 amide bonds. The number of allylic oxidation sites excluding steroid dienone is 2. The number of unbranched alkanes of at least 4 members (excludes halogenated alkanes) is 2. The number of fused-ring (bicyclic) bond motifs is 6. The molecule has 50 heavy (non-hydrogen) atoms. The molecule has 0 aliphatic heterocycles. The number of para-hydroxylation sites is 2. The maximum Gasteiger partial charge on any atom is 0.185 e. The molecule has 2 aromatic heterocycles. The number of Topliss-reactive ketones (excluding diaryl/α,β-unsaturated/α-hetero) is 1. The van der Waals surface area contributed by atoms with Gasteiger partial charge in [-0.1, -0.05) is 115 Å². The first-order valence-electron chi connectivity index (χ1n) is 19.5. The van der Waals surface area contributed by atoms with E-state index in [1.807, 2.05) is 0 Å². The SMILES string of the molecule is CCCCC(CC)Cn1c2ccccc2c2cc(/C=C3/CC/C(=C\c4ccc5c(c4)c4ccccc4n5CC(CC)CCCC)C3=O)ccc21. The van der Waals surface area contributed by atoms with Gasteiger partial charge in [0.05, 0.1) is 0 Å². The van der Waals surface area contributed by atoms with Gasteiger partial charge in [0.1, 0.15) is 0 Å². The summed E-state index contributed by atoms with van der Waals surface area (Å²) >= 11 is 0. The number of rotatable bonds is 14. The van der Waals surface area contributed by atoms with E-state index in [-0.39, 0.29) is 5.78 Å². The Labute approximate surface area is 298 Å². The minimum atomic E-state index is 0.193. The molecular formula is C47H54N2O. The summed E-state index contributed by atoms with van der Waals surface area (Å²) < 4.78 is 5.08. The van der Waals surface area contributed by atoms with E-state index >= 15 is 0 Å². The first-order valence-corrected chi connectivity index (χ1v) is 19.5. The lowest BCUT2D eigenvalue weighted by Crippen LogP contribution is -2.10. The van der Waals surface area contributed by atoms with E-state index in [2.05, 4.69) is 134 Å². The Balaban J connectivity index is 1.17. The minimum Gasteiger partial charge on any atom is -0.340 e. The van der Waals surface area contributed by atoms with Gasteiger partial charge in [-0.15, -0.1) is 0 Å². The number of carbonyl (C=O) groups excluding carboxylic acids is 1.